The second kappa shape index (κ2) is 7.07. The van der Waals surface area contributed by atoms with E-state index in [1.54, 1.807) is 25.3 Å². The highest BCUT2D eigenvalue weighted by Crippen LogP contribution is 2.32. The number of H-pyrrole nitrogens is 1. The number of pyridine rings is 2. The average Bonchev–Trinajstić information content (AvgIpc) is 3.22. The van der Waals surface area contributed by atoms with Crippen molar-refractivity contribution in [3.05, 3.63) is 79.3 Å². The van der Waals surface area contributed by atoms with E-state index >= 15 is 0 Å². The van der Waals surface area contributed by atoms with Crippen LogP contribution in [0.25, 0.3) is 44.2 Å². The van der Waals surface area contributed by atoms with Gasteiger partial charge in [-0.2, -0.15) is 0 Å². The van der Waals surface area contributed by atoms with Crippen molar-refractivity contribution in [2.24, 2.45) is 0 Å². The molecule has 0 saturated heterocycles. The van der Waals surface area contributed by atoms with Gasteiger partial charge in [-0.15, -0.1) is 0 Å². The van der Waals surface area contributed by atoms with Gasteiger partial charge in [-0.1, -0.05) is 31.2 Å². The van der Waals surface area contributed by atoms with Crippen LogP contribution in [-0.2, 0) is 9.84 Å². The van der Waals surface area contributed by atoms with E-state index in [0.29, 0.717) is 4.90 Å². The first kappa shape index (κ1) is 18.5. The second-order valence-electron chi connectivity index (χ2n) is 7.16. The summed E-state index contributed by atoms with van der Waals surface area (Å²) in [4.78, 5) is 12.5. The molecule has 0 aliphatic carbocycles. The van der Waals surface area contributed by atoms with Crippen molar-refractivity contribution in [2.45, 2.75) is 11.8 Å². The zero-order chi connectivity index (χ0) is 20.7. The summed E-state index contributed by atoms with van der Waals surface area (Å²) in [6, 6.07) is 19.3. The lowest BCUT2D eigenvalue weighted by molar-refractivity contribution is 0.597. The number of hydrogen-bond donors (Lipinski definition) is 1. The van der Waals surface area contributed by atoms with Gasteiger partial charge in [0.05, 0.1) is 16.2 Å². The van der Waals surface area contributed by atoms with E-state index in [9.17, 15) is 8.42 Å². The molecule has 0 aliphatic heterocycles. The van der Waals surface area contributed by atoms with Crippen molar-refractivity contribution < 1.29 is 8.42 Å². The van der Waals surface area contributed by atoms with E-state index in [4.69, 9.17) is 0 Å². The molecule has 30 heavy (non-hydrogen) atoms. The predicted molar refractivity (Wildman–Crippen MR) is 120 cm³/mol. The van der Waals surface area contributed by atoms with E-state index in [2.05, 4.69) is 33.2 Å². The van der Waals surface area contributed by atoms with Crippen molar-refractivity contribution in [2.75, 3.05) is 5.75 Å². The molecule has 5 rings (SSSR count). The number of aromatic nitrogens is 3. The number of nitrogens with zero attached hydrogens (tertiary/aromatic N) is 2. The van der Waals surface area contributed by atoms with Gasteiger partial charge in [0.1, 0.15) is 5.65 Å². The van der Waals surface area contributed by atoms with E-state index in [1.165, 1.54) is 0 Å². The molecule has 3 aromatic heterocycles. The molecule has 0 atom stereocenters. The largest absolute Gasteiger partial charge is 0.346 e. The predicted octanol–water partition coefficient (Wildman–Crippen LogP) is 5.24. The number of rotatable bonds is 4. The molecule has 0 amide bonds. The van der Waals surface area contributed by atoms with E-state index in [1.807, 2.05) is 42.7 Å². The highest BCUT2D eigenvalue weighted by molar-refractivity contribution is 7.91. The van der Waals surface area contributed by atoms with Gasteiger partial charge in [-0.05, 0) is 47.5 Å². The zero-order valence-corrected chi connectivity index (χ0v) is 17.1. The van der Waals surface area contributed by atoms with E-state index < -0.39 is 9.84 Å². The molecular weight excluding hydrogens is 394 g/mol. The smallest absolute Gasteiger partial charge is 0.178 e. The third-order valence-electron chi connectivity index (χ3n) is 5.37. The first-order valence-electron chi connectivity index (χ1n) is 9.70. The van der Waals surface area contributed by atoms with E-state index in [0.717, 1.165) is 44.2 Å². The maximum atomic E-state index is 12.1. The van der Waals surface area contributed by atoms with Gasteiger partial charge in [0.15, 0.2) is 9.84 Å². The zero-order valence-electron chi connectivity index (χ0n) is 16.3. The molecule has 0 unspecified atom stereocenters. The number of benzene rings is 2. The van der Waals surface area contributed by atoms with Crippen molar-refractivity contribution >= 4 is 31.8 Å². The molecule has 0 aliphatic rings. The van der Waals surface area contributed by atoms with Crippen LogP contribution in [0.1, 0.15) is 6.92 Å². The summed E-state index contributed by atoms with van der Waals surface area (Å²) in [6.07, 6.45) is 5.56. The SMILES string of the molecule is CCS(=O)(=O)c1ccc(-c2c[nH]c3ncc(-c4ccc5ncccc5c4)cc23)cc1. The quantitative estimate of drug-likeness (QED) is 0.437. The summed E-state index contributed by atoms with van der Waals surface area (Å²) in [6.45, 7) is 1.65. The molecular formula is C24H19N3O2S. The summed E-state index contributed by atoms with van der Waals surface area (Å²) in [5.74, 6) is 0.0913. The van der Waals surface area contributed by atoms with Crippen molar-refractivity contribution in [3.63, 3.8) is 0 Å². The standard InChI is InChI=1S/C24H19N3O2S/c1-2-30(28,29)20-8-5-16(6-9-20)22-15-27-24-21(22)13-19(14-26-24)17-7-10-23-18(12-17)4-3-11-25-23/h3-15H,2H2,1H3,(H,26,27). The fourth-order valence-corrected chi connectivity index (χ4v) is 4.55. The van der Waals surface area contributed by atoms with Crippen molar-refractivity contribution in [1.29, 1.82) is 0 Å². The van der Waals surface area contributed by atoms with Crippen LogP contribution in [0.15, 0.2) is 84.1 Å². The number of nitrogens with one attached hydrogen (secondary N) is 1. The minimum atomic E-state index is -3.21. The van der Waals surface area contributed by atoms with Gasteiger partial charge in [-0.3, -0.25) is 4.98 Å². The van der Waals surface area contributed by atoms with Crippen LogP contribution in [0.3, 0.4) is 0 Å². The maximum absolute atomic E-state index is 12.1. The summed E-state index contributed by atoms with van der Waals surface area (Å²) < 4.78 is 24.2. The summed E-state index contributed by atoms with van der Waals surface area (Å²) in [5.41, 5.74) is 5.77. The lowest BCUT2D eigenvalue weighted by atomic mass is 10.0. The van der Waals surface area contributed by atoms with Crippen LogP contribution in [0.2, 0.25) is 0 Å². The Balaban J connectivity index is 1.59. The Morgan fingerprint density at radius 3 is 2.50 bits per heavy atom. The first-order chi connectivity index (χ1) is 14.5. The Morgan fingerprint density at radius 2 is 1.70 bits per heavy atom. The third-order valence-corrected chi connectivity index (χ3v) is 7.12. The van der Waals surface area contributed by atoms with Crippen molar-refractivity contribution in [1.82, 2.24) is 15.0 Å². The highest BCUT2D eigenvalue weighted by Gasteiger charge is 2.13. The Kier molecular flexibility index (Phi) is 4.37. The van der Waals surface area contributed by atoms with Crippen LogP contribution < -0.4 is 0 Å². The Bertz CT molecular complexity index is 1490. The molecule has 1 N–H and O–H groups in total. The number of hydrogen-bond acceptors (Lipinski definition) is 4. The summed E-state index contributed by atoms with van der Waals surface area (Å²) in [7, 11) is -3.21. The van der Waals surface area contributed by atoms with E-state index in [-0.39, 0.29) is 5.75 Å². The molecule has 0 bridgehead atoms. The molecule has 0 spiro atoms. The van der Waals surface area contributed by atoms with Gasteiger partial charge in [0.25, 0.3) is 0 Å². The topological polar surface area (TPSA) is 75.7 Å². The van der Waals surface area contributed by atoms with Crippen LogP contribution in [0, 0.1) is 0 Å². The molecule has 6 heteroatoms. The number of sulfone groups is 1. The van der Waals surface area contributed by atoms with Gasteiger partial charge in [-0.25, -0.2) is 13.4 Å². The summed E-state index contributed by atoms with van der Waals surface area (Å²) in [5, 5.41) is 2.07. The Hall–Kier alpha value is -3.51. The van der Waals surface area contributed by atoms with Gasteiger partial charge in [0.2, 0.25) is 0 Å². The fourth-order valence-electron chi connectivity index (χ4n) is 3.66. The van der Waals surface area contributed by atoms with Crippen LogP contribution in [0.4, 0.5) is 0 Å². The first-order valence-corrected chi connectivity index (χ1v) is 11.4. The van der Waals surface area contributed by atoms with Gasteiger partial charge >= 0.3 is 0 Å². The monoisotopic (exact) mass is 413 g/mol. The van der Waals surface area contributed by atoms with Crippen LogP contribution >= 0.6 is 0 Å². The molecule has 0 saturated carbocycles. The minimum Gasteiger partial charge on any atom is -0.346 e. The number of aromatic amines is 1. The fraction of sp³-hybridized carbons (Fsp3) is 0.0833. The van der Waals surface area contributed by atoms with Gasteiger partial charge in [0, 0.05) is 40.5 Å². The molecule has 2 aromatic carbocycles. The molecule has 148 valence electrons. The maximum Gasteiger partial charge on any atom is 0.178 e. The summed E-state index contributed by atoms with van der Waals surface area (Å²) >= 11 is 0. The highest BCUT2D eigenvalue weighted by atomic mass is 32.2. The second-order valence-corrected chi connectivity index (χ2v) is 9.44. The average molecular weight is 414 g/mol. The van der Waals surface area contributed by atoms with Crippen LogP contribution in [-0.4, -0.2) is 29.1 Å². The molecule has 5 nitrogen and oxygen atoms in total. The molecule has 0 radical (unpaired) electrons. The van der Waals surface area contributed by atoms with Crippen molar-refractivity contribution in [3.8, 4) is 22.3 Å². The Morgan fingerprint density at radius 1 is 0.900 bits per heavy atom. The molecule has 5 aromatic rings. The molecule has 0 fully saturated rings. The molecule has 3 heterocycles. The lowest BCUT2D eigenvalue weighted by Gasteiger charge is -2.06. The lowest BCUT2D eigenvalue weighted by Crippen LogP contribution is -2.02. The Labute approximate surface area is 174 Å². The normalized spacial score (nSPS) is 11.9. The minimum absolute atomic E-state index is 0.0913. The number of fused-ring (bicyclic) bond motifs is 2. The third kappa shape index (κ3) is 3.15. The van der Waals surface area contributed by atoms with Gasteiger partial charge < -0.3 is 4.98 Å². The van der Waals surface area contributed by atoms with Crippen LogP contribution in [0.5, 0.6) is 0 Å².